The Balaban J connectivity index is 1.76. The molecule has 5 nitrogen and oxygen atoms in total. The van der Waals surface area contributed by atoms with E-state index in [9.17, 15) is 4.79 Å². The number of rotatable bonds is 4. The molecule has 4 rings (SSSR count). The van der Waals surface area contributed by atoms with E-state index in [4.69, 9.17) is 16.7 Å². The highest BCUT2D eigenvalue weighted by Crippen LogP contribution is 2.24. The molecule has 1 N–H and O–H groups in total. The van der Waals surface area contributed by atoms with E-state index < -0.39 is 0 Å². The predicted octanol–water partition coefficient (Wildman–Crippen LogP) is 5.40. The number of carbonyl (C=O) groups is 1. The van der Waals surface area contributed by atoms with E-state index in [1.54, 1.807) is 22.9 Å². The lowest BCUT2D eigenvalue weighted by Crippen LogP contribution is -2.17. The maximum Gasteiger partial charge on any atom is 0.274 e. The third kappa shape index (κ3) is 3.82. The Morgan fingerprint density at radius 1 is 1.00 bits per heavy atom. The summed E-state index contributed by atoms with van der Waals surface area (Å²) in [5.41, 5.74) is 5.92. The molecule has 29 heavy (non-hydrogen) atoms. The third-order valence-corrected chi connectivity index (χ3v) is 5.24. The number of halogens is 1. The smallest absolute Gasteiger partial charge is 0.274 e. The van der Waals surface area contributed by atoms with Gasteiger partial charge < -0.3 is 9.88 Å². The summed E-state index contributed by atoms with van der Waals surface area (Å²) in [6.45, 7) is 4.07. The number of aryl methyl sites for hydroxylation is 3. The number of nitrogens with zero attached hydrogens (tertiary/aromatic N) is 3. The zero-order valence-electron chi connectivity index (χ0n) is 16.5. The van der Waals surface area contributed by atoms with Crippen LogP contribution in [0.4, 0.5) is 5.69 Å². The molecular weight excluding hydrogens is 384 g/mol. The highest BCUT2D eigenvalue weighted by molar-refractivity contribution is 6.30. The second-order valence-corrected chi connectivity index (χ2v) is 7.50. The summed E-state index contributed by atoms with van der Waals surface area (Å²) in [6.07, 6.45) is 1.95. The first kappa shape index (κ1) is 19.0. The number of hydrogen-bond acceptors (Lipinski definition) is 2. The van der Waals surface area contributed by atoms with Gasteiger partial charge in [-0.1, -0.05) is 17.7 Å². The van der Waals surface area contributed by atoms with Gasteiger partial charge in [-0.15, -0.1) is 0 Å². The summed E-state index contributed by atoms with van der Waals surface area (Å²) >= 11 is 6.03. The van der Waals surface area contributed by atoms with E-state index in [1.165, 1.54) is 5.56 Å². The van der Waals surface area contributed by atoms with Gasteiger partial charge in [0.25, 0.3) is 5.91 Å². The van der Waals surface area contributed by atoms with Crippen molar-refractivity contribution in [2.75, 3.05) is 5.32 Å². The lowest BCUT2D eigenvalue weighted by Gasteiger charge is -2.10. The second kappa shape index (κ2) is 7.60. The monoisotopic (exact) mass is 404 g/mol. The molecule has 146 valence electrons. The molecule has 2 heterocycles. The van der Waals surface area contributed by atoms with Crippen LogP contribution in [0.2, 0.25) is 5.02 Å². The molecule has 0 atom stereocenters. The zero-order chi connectivity index (χ0) is 20.5. The van der Waals surface area contributed by atoms with E-state index in [0.29, 0.717) is 10.7 Å². The first-order valence-electron chi connectivity index (χ1n) is 9.29. The van der Waals surface area contributed by atoms with Gasteiger partial charge in [-0.05, 0) is 79.6 Å². The van der Waals surface area contributed by atoms with Crippen LogP contribution in [0.5, 0.6) is 0 Å². The molecule has 0 saturated heterocycles. The standard InChI is InChI=1S/C23H21ClN4O/c1-15-6-9-18(13-16(15)2)25-23(29)22-14-20(21-5-4-12-27(21)3)26-28(22)19-10-7-17(24)8-11-19/h4-14H,1-3H3,(H,25,29). The molecule has 0 spiro atoms. The highest BCUT2D eigenvalue weighted by Gasteiger charge is 2.19. The van der Waals surface area contributed by atoms with Crippen LogP contribution < -0.4 is 5.32 Å². The Kier molecular flexibility index (Phi) is 4.99. The van der Waals surface area contributed by atoms with Gasteiger partial charge in [0.1, 0.15) is 11.4 Å². The fourth-order valence-electron chi connectivity index (χ4n) is 3.19. The number of aromatic nitrogens is 3. The Morgan fingerprint density at radius 2 is 1.76 bits per heavy atom. The maximum atomic E-state index is 13.1. The first-order chi connectivity index (χ1) is 13.9. The maximum absolute atomic E-state index is 13.1. The molecule has 2 aromatic carbocycles. The van der Waals surface area contributed by atoms with Crippen LogP contribution in [0.25, 0.3) is 17.1 Å². The number of nitrogens with one attached hydrogen (secondary N) is 1. The molecule has 0 unspecified atom stereocenters. The van der Waals surface area contributed by atoms with Crippen molar-refractivity contribution in [1.29, 1.82) is 0 Å². The van der Waals surface area contributed by atoms with Crippen LogP contribution in [0, 0.1) is 13.8 Å². The average Bonchev–Trinajstić information content (AvgIpc) is 3.31. The molecule has 0 radical (unpaired) electrons. The average molecular weight is 405 g/mol. The quantitative estimate of drug-likeness (QED) is 0.495. The van der Waals surface area contributed by atoms with Gasteiger partial charge in [0.05, 0.1) is 11.4 Å². The fraction of sp³-hybridized carbons (Fsp3) is 0.130. The fourth-order valence-corrected chi connectivity index (χ4v) is 3.31. The lowest BCUT2D eigenvalue weighted by molar-refractivity contribution is 0.101. The summed E-state index contributed by atoms with van der Waals surface area (Å²) in [5, 5.41) is 8.32. The Hall–Kier alpha value is -3.31. The van der Waals surface area contributed by atoms with Crippen LogP contribution in [-0.4, -0.2) is 20.3 Å². The molecule has 0 aliphatic rings. The molecule has 1 amide bonds. The summed E-state index contributed by atoms with van der Waals surface area (Å²) < 4.78 is 3.62. The molecular formula is C23H21ClN4O. The van der Waals surface area contributed by atoms with Gasteiger partial charge in [-0.3, -0.25) is 4.79 Å². The Bertz CT molecular complexity index is 1190. The predicted molar refractivity (Wildman–Crippen MR) is 117 cm³/mol. The molecule has 0 aliphatic heterocycles. The van der Waals surface area contributed by atoms with Crippen LogP contribution in [0.1, 0.15) is 21.6 Å². The molecule has 6 heteroatoms. The van der Waals surface area contributed by atoms with Gasteiger partial charge in [0.2, 0.25) is 0 Å². The van der Waals surface area contributed by atoms with Gasteiger partial charge >= 0.3 is 0 Å². The van der Waals surface area contributed by atoms with Crippen molar-refractivity contribution < 1.29 is 4.79 Å². The van der Waals surface area contributed by atoms with Crippen molar-refractivity contribution >= 4 is 23.2 Å². The summed E-state index contributed by atoms with van der Waals surface area (Å²) in [5.74, 6) is -0.226. The highest BCUT2D eigenvalue weighted by atomic mass is 35.5. The van der Waals surface area contributed by atoms with Crippen LogP contribution >= 0.6 is 11.6 Å². The van der Waals surface area contributed by atoms with Crippen LogP contribution in [-0.2, 0) is 7.05 Å². The van der Waals surface area contributed by atoms with Gasteiger partial charge in [-0.25, -0.2) is 4.68 Å². The number of benzene rings is 2. The second-order valence-electron chi connectivity index (χ2n) is 7.06. The van der Waals surface area contributed by atoms with Gasteiger partial charge in [-0.2, -0.15) is 5.10 Å². The number of amides is 1. The van der Waals surface area contributed by atoms with Gasteiger partial charge in [0, 0.05) is 24.0 Å². The molecule has 2 aromatic heterocycles. The molecule has 0 saturated carbocycles. The third-order valence-electron chi connectivity index (χ3n) is 4.98. The first-order valence-corrected chi connectivity index (χ1v) is 9.66. The minimum Gasteiger partial charge on any atom is -0.349 e. The zero-order valence-corrected chi connectivity index (χ0v) is 17.2. The summed E-state index contributed by atoms with van der Waals surface area (Å²) in [6, 6.07) is 18.9. The van der Waals surface area contributed by atoms with E-state index in [-0.39, 0.29) is 5.91 Å². The molecule has 0 fully saturated rings. The van der Waals surface area contributed by atoms with E-state index >= 15 is 0 Å². The molecule has 4 aromatic rings. The van der Waals surface area contributed by atoms with Crippen molar-refractivity contribution in [3.8, 4) is 17.1 Å². The molecule has 0 aliphatic carbocycles. The number of anilines is 1. The van der Waals surface area contributed by atoms with Crippen molar-refractivity contribution in [3.63, 3.8) is 0 Å². The Labute approximate surface area is 174 Å². The van der Waals surface area contributed by atoms with Crippen LogP contribution in [0.15, 0.2) is 66.9 Å². The van der Waals surface area contributed by atoms with Crippen LogP contribution in [0.3, 0.4) is 0 Å². The van der Waals surface area contributed by atoms with Crippen molar-refractivity contribution in [1.82, 2.24) is 14.3 Å². The van der Waals surface area contributed by atoms with E-state index in [0.717, 1.165) is 28.3 Å². The van der Waals surface area contributed by atoms with Gasteiger partial charge in [0.15, 0.2) is 0 Å². The summed E-state index contributed by atoms with van der Waals surface area (Å²) in [4.78, 5) is 13.1. The summed E-state index contributed by atoms with van der Waals surface area (Å²) in [7, 11) is 1.95. The van der Waals surface area contributed by atoms with Crippen molar-refractivity contribution in [3.05, 3.63) is 88.7 Å². The molecule has 0 bridgehead atoms. The SMILES string of the molecule is Cc1ccc(NC(=O)c2cc(-c3cccn3C)nn2-c2ccc(Cl)cc2)cc1C. The lowest BCUT2D eigenvalue weighted by atomic mass is 10.1. The number of carbonyl (C=O) groups excluding carboxylic acids is 1. The van der Waals surface area contributed by atoms with E-state index in [1.807, 2.05) is 74.1 Å². The minimum absolute atomic E-state index is 0.226. The largest absolute Gasteiger partial charge is 0.349 e. The number of hydrogen-bond donors (Lipinski definition) is 1. The van der Waals surface area contributed by atoms with Crippen molar-refractivity contribution in [2.24, 2.45) is 7.05 Å². The van der Waals surface area contributed by atoms with E-state index in [2.05, 4.69) is 5.32 Å². The minimum atomic E-state index is -0.226. The topological polar surface area (TPSA) is 51.9 Å². The van der Waals surface area contributed by atoms with Crippen molar-refractivity contribution in [2.45, 2.75) is 13.8 Å². The normalized spacial score (nSPS) is 10.9. The Morgan fingerprint density at radius 3 is 2.41 bits per heavy atom.